The highest BCUT2D eigenvalue weighted by atomic mass is 79.9. The van der Waals surface area contributed by atoms with Crippen LogP contribution in [0.2, 0.25) is 0 Å². The van der Waals surface area contributed by atoms with Crippen LogP contribution in [0.25, 0.3) is 0 Å². The first-order valence-electron chi connectivity index (χ1n) is 3.91. The van der Waals surface area contributed by atoms with Crippen molar-refractivity contribution in [2.24, 2.45) is 0 Å². The first-order valence-corrected chi connectivity index (χ1v) is 5.69. The molecule has 70 valence electrons. The fraction of sp³-hybridized carbons (Fsp3) is 0.333. The highest BCUT2D eigenvalue weighted by molar-refractivity contribution is 9.10. The molecule has 1 aliphatic heterocycles. The van der Waals surface area contributed by atoms with Crippen LogP contribution in [0.15, 0.2) is 27.6 Å². The number of hydrogen-bond acceptors (Lipinski definition) is 1. The van der Waals surface area contributed by atoms with Gasteiger partial charge in [-0.25, -0.2) is 8.78 Å². The molecule has 0 fully saturated rings. The van der Waals surface area contributed by atoms with Gasteiger partial charge in [0.1, 0.15) is 0 Å². The van der Waals surface area contributed by atoms with Crippen LogP contribution in [-0.4, -0.2) is 5.75 Å². The van der Waals surface area contributed by atoms with Crippen LogP contribution in [0.3, 0.4) is 0 Å². The molecular formula is C9H7BrF2S. The van der Waals surface area contributed by atoms with E-state index >= 15 is 0 Å². The van der Waals surface area contributed by atoms with Gasteiger partial charge >= 0.3 is 0 Å². The lowest BCUT2D eigenvalue weighted by Gasteiger charge is -2.25. The minimum absolute atomic E-state index is 0.0622. The van der Waals surface area contributed by atoms with Crippen molar-refractivity contribution < 1.29 is 8.78 Å². The van der Waals surface area contributed by atoms with Crippen molar-refractivity contribution in [2.45, 2.75) is 17.2 Å². The zero-order valence-electron chi connectivity index (χ0n) is 6.69. The van der Waals surface area contributed by atoms with Crippen molar-refractivity contribution in [3.8, 4) is 0 Å². The Balaban J connectivity index is 2.61. The second kappa shape index (κ2) is 3.24. The fourth-order valence-corrected chi connectivity index (χ4v) is 3.34. The van der Waals surface area contributed by atoms with Crippen molar-refractivity contribution in [3.05, 3.63) is 28.2 Å². The number of hydrogen-bond donors (Lipinski definition) is 0. The van der Waals surface area contributed by atoms with E-state index in [9.17, 15) is 8.78 Å². The molecule has 0 atom stereocenters. The standard InChI is InChI=1S/C9H7BrF2S/c10-6-2-1-3-7-8(6)9(11,12)4-5-13-7/h1-3H,4-5H2. The van der Waals surface area contributed by atoms with Crippen LogP contribution in [0.1, 0.15) is 12.0 Å². The van der Waals surface area contributed by atoms with Crippen molar-refractivity contribution in [1.29, 1.82) is 0 Å². The lowest BCUT2D eigenvalue weighted by molar-refractivity contribution is -0.0123. The topological polar surface area (TPSA) is 0 Å². The Morgan fingerprint density at radius 3 is 2.85 bits per heavy atom. The summed E-state index contributed by atoms with van der Waals surface area (Å²) >= 11 is 4.66. The zero-order chi connectivity index (χ0) is 9.47. The molecule has 0 radical (unpaired) electrons. The molecule has 0 N–H and O–H groups in total. The lowest BCUT2D eigenvalue weighted by Crippen LogP contribution is -2.20. The summed E-state index contributed by atoms with van der Waals surface area (Å²) in [5.74, 6) is -2.17. The second-order valence-electron chi connectivity index (χ2n) is 2.92. The van der Waals surface area contributed by atoms with Gasteiger partial charge in [-0.1, -0.05) is 22.0 Å². The lowest BCUT2D eigenvalue weighted by atomic mass is 10.1. The van der Waals surface area contributed by atoms with Crippen LogP contribution >= 0.6 is 27.7 Å². The molecule has 1 aromatic carbocycles. The molecular weight excluding hydrogens is 258 g/mol. The van der Waals surface area contributed by atoms with E-state index in [1.54, 1.807) is 18.2 Å². The van der Waals surface area contributed by atoms with E-state index in [2.05, 4.69) is 15.9 Å². The van der Waals surface area contributed by atoms with Crippen molar-refractivity contribution >= 4 is 27.7 Å². The summed E-state index contributed by atoms with van der Waals surface area (Å²) in [4.78, 5) is 0.700. The van der Waals surface area contributed by atoms with Gasteiger partial charge < -0.3 is 0 Å². The molecule has 1 heterocycles. The van der Waals surface area contributed by atoms with E-state index in [1.165, 1.54) is 11.8 Å². The molecule has 0 spiro atoms. The van der Waals surface area contributed by atoms with Gasteiger partial charge in [0, 0.05) is 27.1 Å². The third-order valence-electron chi connectivity index (χ3n) is 2.01. The Kier molecular flexibility index (Phi) is 2.36. The maximum atomic E-state index is 13.4. The summed E-state index contributed by atoms with van der Waals surface area (Å²) in [6.45, 7) is 0. The van der Waals surface area contributed by atoms with E-state index in [0.717, 1.165) is 0 Å². The van der Waals surface area contributed by atoms with Crippen LogP contribution in [0.4, 0.5) is 8.78 Å². The van der Waals surface area contributed by atoms with E-state index in [0.29, 0.717) is 15.1 Å². The van der Waals surface area contributed by atoms with Crippen LogP contribution < -0.4 is 0 Å². The summed E-state index contributed by atoms with van der Waals surface area (Å²) in [5.41, 5.74) is 0.159. The summed E-state index contributed by atoms with van der Waals surface area (Å²) < 4.78 is 27.3. The number of halogens is 3. The minimum atomic E-state index is -2.67. The number of rotatable bonds is 0. The quantitative estimate of drug-likeness (QED) is 0.682. The molecule has 0 aliphatic carbocycles. The Morgan fingerprint density at radius 1 is 1.38 bits per heavy atom. The van der Waals surface area contributed by atoms with E-state index in [1.807, 2.05) is 0 Å². The van der Waals surface area contributed by atoms with Crippen LogP contribution in [0, 0.1) is 0 Å². The summed E-state index contributed by atoms with van der Waals surface area (Å²) in [5, 5.41) is 0. The molecule has 0 amide bonds. The van der Waals surface area contributed by atoms with Gasteiger partial charge in [-0.05, 0) is 12.1 Å². The molecule has 2 rings (SSSR count). The Hall–Kier alpha value is -0.0900. The zero-order valence-corrected chi connectivity index (χ0v) is 9.09. The average molecular weight is 265 g/mol. The summed E-state index contributed by atoms with van der Waals surface area (Å²) in [6, 6.07) is 5.20. The van der Waals surface area contributed by atoms with Gasteiger partial charge in [-0.15, -0.1) is 11.8 Å². The van der Waals surface area contributed by atoms with Gasteiger partial charge in [-0.3, -0.25) is 0 Å². The molecule has 4 heteroatoms. The summed E-state index contributed by atoms with van der Waals surface area (Å²) in [6.07, 6.45) is -0.0622. The van der Waals surface area contributed by atoms with Gasteiger partial charge in [-0.2, -0.15) is 0 Å². The van der Waals surface area contributed by atoms with Gasteiger partial charge in [0.15, 0.2) is 0 Å². The fourth-order valence-electron chi connectivity index (χ4n) is 1.39. The number of fused-ring (bicyclic) bond motifs is 1. The van der Waals surface area contributed by atoms with Gasteiger partial charge in [0.25, 0.3) is 5.92 Å². The number of benzene rings is 1. The highest BCUT2D eigenvalue weighted by Gasteiger charge is 2.38. The smallest absolute Gasteiger partial charge is 0.201 e. The second-order valence-corrected chi connectivity index (χ2v) is 4.91. The molecule has 0 unspecified atom stereocenters. The maximum Gasteiger partial charge on any atom is 0.276 e. The Morgan fingerprint density at radius 2 is 2.15 bits per heavy atom. The SMILES string of the molecule is FC1(F)CCSc2cccc(Br)c21. The molecule has 1 aliphatic rings. The van der Waals surface area contributed by atoms with Gasteiger partial charge in [0.2, 0.25) is 0 Å². The normalized spacial score (nSPS) is 19.6. The van der Waals surface area contributed by atoms with Crippen LogP contribution in [0.5, 0.6) is 0 Å². The van der Waals surface area contributed by atoms with E-state index in [4.69, 9.17) is 0 Å². The molecule has 13 heavy (non-hydrogen) atoms. The largest absolute Gasteiger partial charge is 0.276 e. The van der Waals surface area contributed by atoms with Crippen LogP contribution in [-0.2, 0) is 5.92 Å². The molecule has 0 saturated carbocycles. The van der Waals surface area contributed by atoms with E-state index in [-0.39, 0.29) is 12.0 Å². The molecule has 0 aromatic heterocycles. The number of alkyl halides is 2. The first kappa shape index (κ1) is 9.46. The monoisotopic (exact) mass is 264 g/mol. The first-order chi connectivity index (χ1) is 6.11. The third kappa shape index (κ3) is 1.62. The Bertz CT molecular complexity index is 338. The predicted octanol–water partition coefficient (Wildman–Crippen LogP) is 4.04. The maximum absolute atomic E-state index is 13.4. The van der Waals surface area contributed by atoms with Crippen molar-refractivity contribution in [3.63, 3.8) is 0 Å². The third-order valence-corrected chi connectivity index (χ3v) is 3.74. The molecule has 0 nitrogen and oxygen atoms in total. The van der Waals surface area contributed by atoms with E-state index < -0.39 is 5.92 Å². The van der Waals surface area contributed by atoms with Gasteiger partial charge in [0.05, 0.1) is 0 Å². The number of thioether (sulfide) groups is 1. The summed E-state index contributed by atoms with van der Waals surface area (Å²) in [7, 11) is 0. The minimum Gasteiger partial charge on any atom is -0.201 e. The Labute approximate surface area is 87.8 Å². The predicted molar refractivity (Wildman–Crippen MR) is 53.4 cm³/mol. The molecule has 0 saturated heterocycles. The average Bonchev–Trinajstić information content (AvgIpc) is 2.02. The van der Waals surface area contributed by atoms with Crippen molar-refractivity contribution in [1.82, 2.24) is 0 Å². The van der Waals surface area contributed by atoms with Crippen molar-refractivity contribution in [2.75, 3.05) is 5.75 Å². The highest BCUT2D eigenvalue weighted by Crippen LogP contribution is 2.46. The molecule has 0 bridgehead atoms. The molecule has 1 aromatic rings.